The number of rotatable bonds is 5. The molecule has 0 aliphatic heterocycles. The first-order chi connectivity index (χ1) is 11.5. The Hall–Kier alpha value is -2.07. The number of thiazole rings is 1. The van der Waals surface area contributed by atoms with Crippen molar-refractivity contribution in [2.45, 2.75) is 16.7 Å². The monoisotopic (exact) mass is 381 g/mol. The Morgan fingerprint density at radius 1 is 1.50 bits per heavy atom. The number of aliphatic hydroxyl groups excluding tert-OH is 1. The van der Waals surface area contributed by atoms with Crippen molar-refractivity contribution >= 4 is 51.4 Å². The molecule has 7 nitrogen and oxygen atoms in total. The number of H-pyrrole nitrogens is 1. The van der Waals surface area contributed by atoms with Crippen LogP contribution in [0, 0.1) is 0 Å². The van der Waals surface area contributed by atoms with E-state index in [4.69, 9.17) is 22.4 Å². The Morgan fingerprint density at radius 3 is 3.00 bits per heavy atom. The summed E-state index contributed by atoms with van der Waals surface area (Å²) in [7, 11) is 0. The van der Waals surface area contributed by atoms with Crippen molar-refractivity contribution in [2.75, 3.05) is 11.1 Å². The maximum absolute atomic E-state index is 12.4. The Labute approximate surface area is 150 Å². The molecule has 5 N–H and O–H groups in total. The Morgan fingerprint density at radius 2 is 2.33 bits per heavy atom. The van der Waals surface area contributed by atoms with E-state index in [2.05, 4.69) is 20.3 Å². The van der Waals surface area contributed by atoms with Crippen LogP contribution in [-0.4, -0.2) is 26.0 Å². The summed E-state index contributed by atoms with van der Waals surface area (Å²) in [5.41, 5.74) is 7.09. The van der Waals surface area contributed by atoms with Crippen molar-refractivity contribution in [1.29, 1.82) is 0 Å². The van der Waals surface area contributed by atoms with Crippen LogP contribution in [0.2, 0.25) is 5.15 Å². The third-order valence-electron chi connectivity index (χ3n) is 2.94. The summed E-state index contributed by atoms with van der Waals surface area (Å²) >= 11 is 8.36. The van der Waals surface area contributed by atoms with Crippen molar-refractivity contribution in [1.82, 2.24) is 15.0 Å². The molecule has 124 valence electrons. The van der Waals surface area contributed by atoms with Gasteiger partial charge < -0.3 is 15.8 Å². The maximum atomic E-state index is 12.4. The quantitative estimate of drug-likeness (QED) is 0.505. The number of hydrogen-bond acceptors (Lipinski definition) is 7. The second-order valence-corrected chi connectivity index (χ2v) is 6.97. The largest absolute Gasteiger partial charge is 0.398 e. The highest BCUT2D eigenvalue weighted by molar-refractivity contribution is 7.99. The van der Waals surface area contributed by atoms with Crippen LogP contribution >= 0.6 is 34.7 Å². The number of hydrogen-bond donors (Lipinski definition) is 4. The van der Waals surface area contributed by atoms with Crippen LogP contribution in [0.4, 0.5) is 10.8 Å². The number of carbonyl (C=O) groups excluding carboxylic acids is 1. The molecule has 0 bridgehead atoms. The molecule has 3 aromatic rings. The van der Waals surface area contributed by atoms with Gasteiger partial charge in [0.1, 0.15) is 5.15 Å². The molecule has 0 atom stereocenters. The summed E-state index contributed by atoms with van der Waals surface area (Å²) in [5.74, 6) is -0.369. The lowest BCUT2D eigenvalue weighted by Gasteiger charge is -2.07. The fourth-order valence-corrected chi connectivity index (χ4v) is 3.54. The molecule has 3 rings (SSSR count). The number of nitrogens with zero attached hydrogens (tertiary/aromatic N) is 2. The number of aliphatic hydroxyl groups is 1. The highest BCUT2D eigenvalue weighted by atomic mass is 35.5. The molecule has 1 amide bonds. The highest BCUT2D eigenvalue weighted by Crippen LogP contribution is 2.29. The van der Waals surface area contributed by atoms with E-state index in [1.807, 2.05) is 0 Å². The lowest BCUT2D eigenvalue weighted by atomic mass is 10.1. The molecule has 10 heteroatoms. The molecule has 0 aliphatic rings. The molecule has 2 aromatic heterocycles. The molecule has 0 saturated carbocycles. The molecule has 1 aromatic carbocycles. The van der Waals surface area contributed by atoms with Crippen LogP contribution in [0.1, 0.15) is 16.1 Å². The first-order valence-electron chi connectivity index (χ1n) is 6.69. The lowest BCUT2D eigenvalue weighted by Crippen LogP contribution is -2.14. The van der Waals surface area contributed by atoms with Crippen LogP contribution in [-0.2, 0) is 6.61 Å². The van der Waals surface area contributed by atoms with Crippen LogP contribution in [0.15, 0.2) is 39.8 Å². The predicted octanol–water partition coefficient (Wildman–Crippen LogP) is 3.00. The average molecular weight is 382 g/mol. The number of aromatic amines is 1. The van der Waals surface area contributed by atoms with Crippen molar-refractivity contribution in [3.05, 3.63) is 46.2 Å². The minimum atomic E-state index is -0.369. The molecule has 0 saturated heterocycles. The third-order valence-corrected chi connectivity index (χ3v) is 4.83. The maximum Gasteiger partial charge on any atom is 0.259 e. The van der Waals surface area contributed by atoms with Crippen LogP contribution in [0.3, 0.4) is 0 Å². The summed E-state index contributed by atoms with van der Waals surface area (Å²) in [5, 5.41) is 14.8. The van der Waals surface area contributed by atoms with Gasteiger partial charge in [0.2, 0.25) is 0 Å². The zero-order valence-electron chi connectivity index (χ0n) is 12.1. The van der Waals surface area contributed by atoms with Gasteiger partial charge in [-0.25, -0.2) is 9.97 Å². The average Bonchev–Trinajstić information content (AvgIpc) is 3.18. The summed E-state index contributed by atoms with van der Waals surface area (Å²) in [6.07, 6.45) is 1.51. The van der Waals surface area contributed by atoms with Gasteiger partial charge >= 0.3 is 0 Å². The zero-order chi connectivity index (χ0) is 17.1. The fraction of sp³-hybridized carbons (Fsp3) is 0.0714. The van der Waals surface area contributed by atoms with Gasteiger partial charge in [-0.3, -0.25) is 10.1 Å². The van der Waals surface area contributed by atoms with E-state index in [-0.39, 0.29) is 12.5 Å². The molecule has 2 heterocycles. The Balaban J connectivity index is 1.78. The normalized spacial score (nSPS) is 10.8. The van der Waals surface area contributed by atoms with Gasteiger partial charge in [0.05, 0.1) is 24.1 Å². The van der Waals surface area contributed by atoms with E-state index in [0.717, 1.165) is 4.90 Å². The Bertz CT molecular complexity index is 880. The molecule has 0 fully saturated rings. The number of nitrogen functional groups attached to an aromatic ring is 1. The first kappa shape index (κ1) is 16.8. The third kappa shape index (κ3) is 3.88. The van der Waals surface area contributed by atoms with E-state index < -0.39 is 0 Å². The SMILES string of the molecule is Nc1ccc(Sc2ncc(Cl)[nH]2)cc1C(=O)Nc1nc(CO)cs1. The van der Waals surface area contributed by atoms with Gasteiger partial charge in [0, 0.05) is 16.0 Å². The van der Waals surface area contributed by atoms with Gasteiger partial charge in [-0.05, 0) is 18.2 Å². The number of aromatic nitrogens is 3. The molecule has 0 aliphatic carbocycles. The number of nitrogens with two attached hydrogens (primary N) is 1. The van der Waals surface area contributed by atoms with Crippen LogP contribution < -0.4 is 11.1 Å². The predicted molar refractivity (Wildman–Crippen MR) is 94.6 cm³/mol. The molecular weight excluding hydrogens is 370 g/mol. The molecule has 0 spiro atoms. The number of benzene rings is 1. The summed E-state index contributed by atoms with van der Waals surface area (Å²) in [4.78, 5) is 24.3. The van der Waals surface area contributed by atoms with Crippen molar-refractivity contribution in [2.24, 2.45) is 0 Å². The van der Waals surface area contributed by atoms with Gasteiger partial charge in [0.25, 0.3) is 5.91 Å². The van der Waals surface area contributed by atoms with E-state index in [1.54, 1.807) is 23.6 Å². The molecule has 0 unspecified atom stereocenters. The van der Waals surface area contributed by atoms with Gasteiger partial charge in [0.15, 0.2) is 10.3 Å². The van der Waals surface area contributed by atoms with E-state index >= 15 is 0 Å². The van der Waals surface area contributed by atoms with E-state index in [9.17, 15) is 4.79 Å². The second-order valence-electron chi connectivity index (χ2n) is 4.64. The van der Waals surface area contributed by atoms with Gasteiger partial charge in [-0.2, -0.15) is 0 Å². The summed E-state index contributed by atoms with van der Waals surface area (Å²) in [6.45, 7) is -0.174. The second kappa shape index (κ2) is 7.22. The van der Waals surface area contributed by atoms with Crippen molar-refractivity contribution in [3.63, 3.8) is 0 Å². The molecule has 0 radical (unpaired) electrons. The standard InChI is InChI=1S/C14H12ClN5O2S2/c15-11-4-17-13(19-11)24-8-1-2-10(16)9(3-8)12(22)20-14-18-7(5-21)6-23-14/h1-4,6,21H,5,16H2,(H,17,19)(H,18,20,22). The topological polar surface area (TPSA) is 117 Å². The van der Waals surface area contributed by atoms with E-state index in [1.165, 1.54) is 29.3 Å². The number of amides is 1. The minimum Gasteiger partial charge on any atom is -0.398 e. The number of halogens is 1. The minimum absolute atomic E-state index is 0.174. The lowest BCUT2D eigenvalue weighted by molar-refractivity contribution is 0.102. The highest BCUT2D eigenvalue weighted by Gasteiger charge is 2.14. The van der Waals surface area contributed by atoms with Gasteiger partial charge in [-0.1, -0.05) is 23.4 Å². The number of carbonyl (C=O) groups is 1. The zero-order valence-corrected chi connectivity index (χ0v) is 14.5. The Kier molecular flexibility index (Phi) is 5.05. The smallest absolute Gasteiger partial charge is 0.259 e. The first-order valence-corrected chi connectivity index (χ1v) is 8.77. The molecule has 24 heavy (non-hydrogen) atoms. The summed E-state index contributed by atoms with van der Waals surface area (Å²) in [6, 6.07) is 5.12. The van der Waals surface area contributed by atoms with E-state index in [0.29, 0.717) is 32.4 Å². The van der Waals surface area contributed by atoms with Crippen LogP contribution in [0.5, 0.6) is 0 Å². The van der Waals surface area contributed by atoms with Crippen LogP contribution in [0.25, 0.3) is 0 Å². The number of anilines is 2. The summed E-state index contributed by atoms with van der Waals surface area (Å²) < 4.78 is 0. The van der Waals surface area contributed by atoms with Gasteiger partial charge in [-0.15, -0.1) is 11.3 Å². The van der Waals surface area contributed by atoms with Crippen molar-refractivity contribution < 1.29 is 9.90 Å². The number of imidazole rings is 1. The number of nitrogens with one attached hydrogen (secondary N) is 2. The van der Waals surface area contributed by atoms with Crippen molar-refractivity contribution in [3.8, 4) is 0 Å². The fourth-order valence-electron chi connectivity index (χ4n) is 1.84. The molecular formula is C14H12ClN5O2S2.